The van der Waals surface area contributed by atoms with Crippen LogP contribution in [-0.4, -0.2) is 28.6 Å². The van der Waals surface area contributed by atoms with Gasteiger partial charge in [0.15, 0.2) is 5.13 Å². The van der Waals surface area contributed by atoms with Crippen molar-refractivity contribution >= 4 is 34.4 Å². The molecular weight excluding hydrogens is 565 g/mol. The van der Waals surface area contributed by atoms with Crippen LogP contribution in [0.25, 0.3) is 17.3 Å². The van der Waals surface area contributed by atoms with Crippen LogP contribution in [0.2, 0.25) is 0 Å². The Balaban J connectivity index is 1.54. The molecule has 1 amide bonds. The van der Waals surface area contributed by atoms with E-state index in [4.69, 9.17) is 9.84 Å². The Morgan fingerprint density at radius 3 is 2.52 bits per heavy atom. The highest BCUT2D eigenvalue weighted by Crippen LogP contribution is 2.40. The summed E-state index contributed by atoms with van der Waals surface area (Å²) in [6, 6.07) is 6.83. The molecule has 2 N–H and O–H groups in total. The maximum atomic E-state index is 16.0. The molecule has 1 unspecified atom stereocenters. The molecule has 224 valence electrons. The first-order chi connectivity index (χ1) is 20.2. The van der Waals surface area contributed by atoms with Crippen LogP contribution in [0.3, 0.4) is 0 Å². The first kappa shape index (κ1) is 31.4. The molecule has 0 spiro atoms. The van der Waals surface area contributed by atoms with Crippen molar-refractivity contribution in [3.63, 3.8) is 0 Å². The zero-order valence-corrected chi connectivity index (χ0v) is 24.5. The van der Waals surface area contributed by atoms with Gasteiger partial charge in [0.1, 0.15) is 17.5 Å². The van der Waals surface area contributed by atoms with E-state index in [0.717, 1.165) is 74.5 Å². The molecule has 1 heterocycles. The van der Waals surface area contributed by atoms with E-state index in [9.17, 15) is 18.4 Å². The summed E-state index contributed by atoms with van der Waals surface area (Å²) in [5, 5.41) is 13.2. The molecule has 6 nitrogen and oxygen atoms in total. The minimum atomic E-state index is -1.32. The lowest BCUT2D eigenvalue weighted by atomic mass is 9.82. The molecule has 42 heavy (non-hydrogen) atoms. The highest BCUT2D eigenvalue weighted by molar-refractivity contribution is 7.14. The van der Waals surface area contributed by atoms with Crippen molar-refractivity contribution in [2.75, 3.05) is 11.9 Å². The van der Waals surface area contributed by atoms with Gasteiger partial charge in [-0.3, -0.25) is 10.1 Å². The van der Waals surface area contributed by atoms with Crippen molar-refractivity contribution < 1.29 is 32.6 Å². The van der Waals surface area contributed by atoms with Crippen LogP contribution in [-0.2, 0) is 9.53 Å². The number of rotatable bonds is 12. The first-order valence-electron chi connectivity index (χ1n) is 14.3. The van der Waals surface area contributed by atoms with E-state index in [1.165, 1.54) is 13.3 Å². The van der Waals surface area contributed by atoms with E-state index in [2.05, 4.69) is 17.2 Å². The number of hydrogen-bond donors (Lipinski definition) is 2. The molecule has 4 rings (SSSR count). The van der Waals surface area contributed by atoms with Gasteiger partial charge in [0.25, 0.3) is 5.91 Å². The van der Waals surface area contributed by atoms with E-state index in [1.54, 1.807) is 23.6 Å². The molecule has 1 aliphatic rings. The van der Waals surface area contributed by atoms with Gasteiger partial charge < -0.3 is 9.84 Å². The highest BCUT2D eigenvalue weighted by atomic mass is 32.1. The number of carbonyl (C=O) groups excluding carboxylic acids is 1. The molecular formula is C32H35F3N2O4S. The van der Waals surface area contributed by atoms with Gasteiger partial charge in [-0.05, 0) is 56.4 Å². The molecule has 1 aliphatic carbocycles. The second kappa shape index (κ2) is 14.6. The average molecular weight is 601 g/mol. The number of hydrogen-bond acceptors (Lipinski definition) is 5. The molecule has 10 heteroatoms. The number of halogens is 3. The third-order valence-electron chi connectivity index (χ3n) is 7.50. The van der Waals surface area contributed by atoms with Gasteiger partial charge in [-0.15, -0.1) is 11.3 Å². The summed E-state index contributed by atoms with van der Waals surface area (Å²) in [4.78, 5) is 28.1. The Kier molecular flexibility index (Phi) is 10.9. The summed E-state index contributed by atoms with van der Waals surface area (Å²) >= 11 is 1.06. The molecule has 2 aromatic carbocycles. The number of amides is 1. The van der Waals surface area contributed by atoms with Crippen molar-refractivity contribution in [2.45, 2.75) is 71.3 Å². The quantitative estimate of drug-likeness (QED) is 0.160. The fraction of sp³-hybridized carbons (Fsp3) is 0.406. The molecule has 1 saturated carbocycles. The number of nitrogens with zero attached hydrogens (tertiary/aromatic N) is 1. The standard InChI is InChI=1S/C32H35F3N2O4S/c1-3-4-8-14-41-29(20-10-6-5-7-11-20)23-13-9-12-22(28(23)35)27-18-42-32(36-27)37-30(38)21-16-25(33)24(26(34)17-21)15-19(2)31(39)40/h9,12-13,15-18,20,29H,3-8,10-11,14H2,1-2H3,(H,39,40)(H,36,37,38)/b19-15+. The molecule has 3 aromatic rings. The predicted molar refractivity (Wildman–Crippen MR) is 158 cm³/mol. The summed E-state index contributed by atoms with van der Waals surface area (Å²) in [5.74, 6) is -4.46. The van der Waals surface area contributed by atoms with E-state index >= 15 is 4.39 Å². The monoisotopic (exact) mass is 600 g/mol. The number of benzene rings is 2. The minimum absolute atomic E-state index is 0.131. The molecule has 0 aliphatic heterocycles. The molecule has 1 atom stereocenters. The van der Waals surface area contributed by atoms with E-state index in [0.29, 0.717) is 17.9 Å². The normalized spacial score (nSPS) is 15.0. The maximum Gasteiger partial charge on any atom is 0.331 e. The van der Waals surface area contributed by atoms with Crippen molar-refractivity contribution in [1.29, 1.82) is 0 Å². The largest absolute Gasteiger partial charge is 0.478 e. The SMILES string of the molecule is CCCCCOC(c1cccc(-c2csc(NC(=O)c3cc(F)c(/C=C(\C)C(=O)O)c(F)c3)n2)c1F)C1CCCCC1. The fourth-order valence-corrected chi connectivity index (χ4v) is 5.91. The lowest BCUT2D eigenvalue weighted by Gasteiger charge is -2.31. The Morgan fingerprint density at radius 1 is 1.14 bits per heavy atom. The van der Waals surface area contributed by atoms with Gasteiger partial charge in [-0.25, -0.2) is 22.9 Å². The second-order valence-corrected chi connectivity index (χ2v) is 11.4. The number of aromatic nitrogens is 1. The zero-order chi connectivity index (χ0) is 30.2. The van der Waals surface area contributed by atoms with Crippen LogP contribution in [0.15, 0.2) is 41.3 Å². The molecule has 1 fully saturated rings. The van der Waals surface area contributed by atoms with Crippen LogP contribution >= 0.6 is 11.3 Å². The Morgan fingerprint density at radius 2 is 1.86 bits per heavy atom. The summed E-state index contributed by atoms with van der Waals surface area (Å²) < 4.78 is 51.4. The number of carboxylic acids is 1. The van der Waals surface area contributed by atoms with Crippen molar-refractivity contribution in [1.82, 2.24) is 4.98 Å². The third kappa shape index (κ3) is 7.66. The number of anilines is 1. The van der Waals surface area contributed by atoms with Crippen LogP contribution in [0.5, 0.6) is 0 Å². The smallest absolute Gasteiger partial charge is 0.331 e. The summed E-state index contributed by atoms with van der Waals surface area (Å²) in [6.45, 7) is 3.91. The summed E-state index contributed by atoms with van der Waals surface area (Å²) in [5.41, 5.74) is -0.0125. The Bertz CT molecular complexity index is 1430. The third-order valence-corrected chi connectivity index (χ3v) is 8.26. The number of nitrogens with one attached hydrogen (secondary N) is 1. The van der Waals surface area contributed by atoms with Gasteiger partial charge in [0, 0.05) is 39.8 Å². The molecule has 0 saturated heterocycles. The van der Waals surface area contributed by atoms with Crippen molar-refractivity contribution in [3.05, 3.63) is 75.4 Å². The number of unbranched alkanes of at least 4 members (excludes halogenated alkanes) is 2. The molecule has 1 aromatic heterocycles. The average Bonchev–Trinajstić information content (AvgIpc) is 3.43. The fourth-order valence-electron chi connectivity index (χ4n) is 5.20. The summed E-state index contributed by atoms with van der Waals surface area (Å²) in [6.07, 6.45) is 8.93. The maximum absolute atomic E-state index is 16.0. The van der Waals surface area contributed by atoms with Gasteiger partial charge in [0.05, 0.1) is 11.8 Å². The van der Waals surface area contributed by atoms with E-state index in [-0.39, 0.29) is 33.9 Å². The van der Waals surface area contributed by atoms with Crippen LogP contribution in [0.1, 0.15) is 92.8 Å². The lowest BCUT2D eigenvalue weighted by molar-refractivity contribution is -0.132. The number of carboxylic acid groups (broad SMARTS) is 1. The Labute approximate surface area is 247 Å². The van der Waals surface area contributed by atoms with Gasteiger partial charge >= 0.3 is 5.97 Å². The zero-order valence-electron chi connectivity index (χ0n) is 23.7. The topological polar surface area (TPSA) is 88.5 Å². The first-order valence-corrected chi connectivity index (χ1v) is 15.2. The van der Waals surface area contributed by atoms with Gasteiger partial charge in [-0.1, -0.05) is 51.2 Å². The molecule has 0 radical (unpaired) electrons. The number of thiazole rings is 1. The van der Waals surface area contributed by atoms with Crippen molar-refractivity contribution in [3.8, 4) is 11.3 Å². The van der Waals surface area contributed by atoms with E-state index < -0.39 is 34.9 Å². The number of ether oxygens (including phenoxy) is 1. The number of carbonyl (C=O) groups is 2. The van der Waals surface area contributed by atoms with Crippen LogP contribution in [0.4, 0.5) is 18.3 Å². The second-order valence-electron chi connectivity index (χ2n) is 10.6. The number of aliphatic carboxylic acids is 1. The van der Waals surface area contributed by atoms with Crippen LogP contribution < -0.4 is 5.32 Å². The Hall–Kier alpha value is -3.50. The summed E-state index contributed by atoms with van der Waals surface area (Å²) in [7, 11) is 0. The highest BCUT2D eigenvalue weighted by Gasteiger charge is 2.29. The van der Waals surface area contributed by atoms with E-state index in [1.807, 2.05) is 0 Å². The lowest BCUT2D eigenvalue weighted by Crippen LogP contribution is -2.21. The van der Waals surface area contributed by atoms with Gasteiger partial charge in [-0.2, -0.15) is 0 Å². The van der Waals surface area contributed by atoms with Crippen LogP contribution in [0, 0.1) is 23.4 Å². The van der Waals surface area contributed by atoms with Crippen molar-refractivity contribution in [2.24, 2.45) is 5.92 Å². The molecule has 0 bridgehead atoms. The van der Waals surface area contributed by atoms with Gasteiger partial charge in [0.2, 0.25) is 0 Å². The predicted octanol–water partition coefficient (Wildman–Crippen LogP) is 8.80. The minimum Gasteiger partial charge on any atom is -0.478 e.